The van der Waals surface area contributed by atoms with E-state index in [1.54, 1.807) is 0 Å². The first-order valence-electron chi connectivity index (χ1n) is 7.70. The fourth-order valence-electron chi connectivity index (χ4n) is 3.82. The van der Waals surface area contributed by atoms with Crippen LogP contribution in [-0.4, -0.2) is 17.7 Å². The third-order valence-electron chi connectivity index (χ3n) is 4.91. The molecule has 1 N–H and O–H groups in total. The molecule has 0 spiro atoms. The first-order valence-corrected chi connectivity index (χ1v) is 7.70. The van der Waals surface area contributed by atoms with Crippen molar-refractivity contribution in [1.82, 2.24) is 0 Å². The molecule has 1 saturated carbocycles. The van der Waals surface area contributed by atoms with Crippen LogP contribution in [0.3, 0.4) is 0 Å². The predicted octanol–water partition coefficient (Wildman–Crippen LogP) is 3.83. The molecule has 1 aromatic rings. The van der Waals surface area contributed by atoms with Gasteiger partial charge in [0.1, 0.15) is 5.75 Å². The number of carboxylic acid groups (broad SMARTS) is 1. The van der Waals surface area contributed by atoms with Crippen LogP contribution in [0.25, 0.3) is 0 Å². The van der Waals surface area contributed by atoms with Crippen LogP contribution in [0.5, 0.6) is 5.75 Å². The van der Waals surface area contributed by atoms with Crippen molar-refractivity contribution in [3.8, 4) is 5.75 Å². The minimum absolute atomic E-state index is 0.186. The summed E-state index contributed by atoms with van der Waals surface area (Å²) in [6.45, 7) is 0.707. The van der Waals surface area contributed by atoms with Crippen molar-refractivity contribution in [2.24, 2.45) is 11.8 Å². The summed E-state index contributed by atoms with van der Waals surface area (Å²) in [6.07, 6.45) is 6.26. The number of carbonyl (C=O) groups is 1. The second-order valence-corrected chi connectivity index (χ2v) is 6.10. The third-order valence-corrected chi connectivity index (χ3v) is 4.91. The Balaban J connectivity index is 1.77. The highest BCUT2D eigenvalue weighted by molar-refractivity contribution is 5.70. The molecule has 1 aliphatic carbocycles. The molecule has 1 aliphatic heterocycles. The molecule has 0 amide bonds. The highest BCUT2D eigenvalue weighted by Crippen LogP contribution is 2.41. The largest absolute Gasteiger partial charge is 0.493 e. The number of hydrogen-bond donors (Lipinski definition) is 1. The Bertz CT molecular complexity index is 477. The highest BCUT2D eigenvalue weighted by Gasteiger charge is 2.34. The van der Waals surface area contributed by atoms with E-state index >= 15 is 0 Å². The van der Waals surface area contributed by atoms with E-state index in [2.05, 4.69) is 6.07 Å². The SMILES string of the molecule is O=C(O)C(CC1CCOc2ccccc21)C1CCCC1. The Labute approximate surface area is 120 Å². The average Bonchev–Trinajstić information content (AvgIpc) is 2.98. The van der Waals surface area contributed by atoms with Crippen molar-refractivity contribution in [2.45, 2.75) is 44.4 Å². The Hall–Kier alpha value is -1.51. The van der Waals surface area contributed by atoms with E-state index in [1.807, 2.05) is 18.2 Å². The highest BCUT2D eigenvalue weighted by atomic mass is 16.5. The molecule has 0 saturated heterocycles. The molecule has 1 aromatic carbocycles. The number of aliphatic carboxylic acids is 1. The zero-order valence-electron chi connectivity index (χ0n) is 11.8. The van der Waals surface area contributed by atoms with Crippen LogP contribution >= 0.6 is 0 Å². The molecule has 0 aromatic heterocycles. The van der Waals surface area contributed by atoms with Gasteiger partial charge in [0, 0.05) is 0 Å². The van der Waals surface area contributed by atoms with E-state index in [1.165, 1.54) is 18.4 Å². The second-order valence-electron chi connectivity index (χ2n) is 6.10. The van der Waals surface area contributed by atoms with E-state index < -0.39 is 5.97 Å². The molecule has 1 fully saturated rings. The van der Waals surface area contributed by atoms with Gasteiger partial charge in [-0.1, -0.05) is 31.0 Å². The summed E-state index contributed by atoms with van der Waals surface area (Å²) in [4.78, 5) is 11.6. The first-order chi connectivity index (χ1) is 9.75. The summed E-state index contributed by atoms with van der Waals surface area (Å²) in [5.74, 6) is 0.859. The van der Waals surface area contributed by atoms with Crippen LogP contribution in [-0.2, 0) is 4.79 Å². The Kier molecular flexibility index (Phi) is 3.95. The number of hydrogen-bond acceptors (Lipinski definition) is 2. The maximum Gasteiger partial charge on any atom is 0.306 e. The average molecular weight is 274 g/mol. The number of benzene rings is 1. The van der Waals surface area contributed by atoms with Crippen LogP contribution < -0.4 is 4.74 Å². The molecule has 2 unspecified atom stereocenters. The summed E-state index contributed by atoms with van der Waals surface area (Å²) in [5, 5.41) is 9.58. The van der Waals surface area contributed by atoms with Crippen molar-refractivity contribution in [3.05, 3.63) is 29.8 Å². The monoisotopic (exact) mass is 274 g/mol. The lowest BCUT2D eigenvalue weighted by molar-refractivity contribution is -0.144. The Morgan fingerprint density at radius 1 is 1.25 bits per heavy atom. The minimum atomic E-state index is -0.610. The fourth-order valence-corrected chi connectivity index (χ4v) is 3.82. The fraction of sp³-hybridized carbons (Fsp3) is 0.588. The predicted molar refractivity (Wildman–Crippen MR) is 77.0 cm³/mol. The normalized spacial score (nSPS) is 23.9. The van der Waals surface area contributed by atoms with Gasteiger partial charge in [-0.15, -0.1) is 0 Å². The lowest BCUT2D eigenvalue weighted by Crippen LogP contribution is -2.26. The number of rotatable bonds is 4. The molecule has 108 valence electrons. The van der Waals surface area contributed by atoms with Gasteiger partial charge in [0.2, 0.25) is 0 Å². The number of para-hydroxylation sites is 1. The zero-order valence-corrected chi connectivity index (χ0v) is 11.8. The van der Waals surface area contributed by atoms with Crippen molar-refractivity contribution >= 4 is 5.97 Å². The number of carboxylic acids is 1. The topological polar surface area (TPSA) is 46.5 Å². The van der Waals surface area contributed by atoms with Gasteiger partial charge < -0.3 is 9.84 Å². The molecule has 3 nitrogen and oxygen atoms in total. The minimum Gasteiger partial charge on any atom is -0.493 e. The first kappa shape index (κ1) is 13.5. The van der Waals surface area contributed by atoms with E-state index in [4.69, 9.17) is 4.74 Å². The molecule has 3 heteroatoms. The molecular formula is C17H22O3. The van der Waals surface area contributed by atoms with Gasteiger partial charge >= 0.3 is 5.97 Å². The van der Waals surface area contributed by atoms with Crippen LogP contribution in [0, 0.1) is 11.8 Å². The number of fused-ring (bicyclic) bond motifs is 1. The van der Waals surface area contributed by atoms with Crippen LogP contribution in [0.15, 0.2) is 24.3 Å². The molecule has 2 atom stereocenters. The van der Waals surface area contributed by atoms with Crippen molar-refractivity contribution < 1.29 is 14.6 Å². The lowest BCUT2D eigenvalue weighted by atomic mass is 9.79. The maximum atomic E-state index is 11.6. The zero-order chi connectivity index (χ0) is 13.9. The number of ether oxygens (including phenoxy) is 1. The molecule has 0 bridgehead atoms. The lowest BCUT2D eigenvalue weighted by Gasteiger charge is -2.29. The quantitative estimate of drug-likeness (QED) is 0.907. The van der Waals surface area contributed by atoms with Gasteiger partial charge in [0.05, 0.1) is 12.5 Å². The molecular weight excluding hydrogens is 252 g/mol. The Morgan fingerprint density at radius 2 is 2.00 bits per heavy atom. The van der Waals surface area contributed by atoms with E-state index in [0.717, 1.165) is 31.4 Å². The van der Waals surface area contributed by atoms with Crippen molar-refractivity contribution in [3.63, 3.8) is 0 Å². The summed E-state index contributed by atoms with van der Waals surface area (Å²) in [6, 6.07) is 8.08. The molecule has 3 rings (SSSR count). The second kappa shape index (κ2) is 5.86. The van der Waals surface area contributed by atoms with Gasteiger partial charge in [-0.3, -0.25) is 4.79 Å². The van der Waals surface area contributed by atoms with Crippen molar-refractivity contribution in [2.75, 3.05) is 6.61 Å². The van der Waals surface area contributed by atoms with Crippen LogP contribution in [0.2, 0.25) is 0 Å². The summed E-state index contributed by atoms with van der Waals surface area (Å²) >= 11 is 0. The van der Waals surface area contributed by atoms with E-state index in [-0.39, 0.29) is 5.92 Å². The van der Waals surface area contributed by atoms with Gasteiger partial charge in [-0.2, -0.15) is 0 Å². The third kappa shape index (κ3) is 2.67. The van der Waals surface area contributed by atoms with Gasteiger partial charge in [-0.05, 0) is 49.1 Å². The van der Waals surface area contributed by atoms with Gasteiger partial charge in [-0.25, -0.2) is 0 Å². The summed E-state index contributed by atoms with van der Waals surface area (Å²) < 4.78 is 5.67. The standard InChI is InChI=1S/C17H22O3/c18-17(19)15(12-5-1-2-6-12)11-13-9-10-20-16-8-4-3-7-14(13)16/h3-4,7-8,12-13,15H,1-2,5-6,9-11H2,(H,18,19). The maximum absolute atomic E-state index is 11.6. The molecule has 0 radical (unpaired) electrons. The smallest absolute Gasteiger partial charge is 0.306 e. The van der Waals surface area contributed by atoms with Crippen LogP contribution in [0.4, 0.5) is 0 Å². The van der Waals surface area contributed by atoms with Gasteiger partial charge in [0.25, 0.3) is 0 Å². The van der Waals surface area contributed by atoms with Crippen LogP contribution in [0.1, 0.15) is 50.0 Å². The molecule has 2 aliphatic rings. The van der Waals surface area contributed by atoms with Crippen molar-refractivity contribution in [1.29, 1.82) is 0 Å². The summed E-state index contributed by atoms with van der Waals surface area (Å²) in [5.41, 5.74) is 1.20. The Morgan fingerprint density at radius 3 is 2.75 bits per heavy atom. The van der Waals surface area contributed by atoms with E-state index in [9.17, 15) is 9.90 Å². The molecule has 1 heterocycles. The summed E-state index contributed by atoms with van der Waals surface area (Å²) in [7, 11) is 0. The van der Waals surface area contributed by atoms with Gasteiger partial charge in [0.15, 0.2) is 0 Å². The van der Waals surface area contributed by atoms with E-state index in [0.29, 0.717) is 18.4 Å². The molecule has 20 heavy (non-hydrogen) atoms.